The molecular weight excluding hydrogens is 306 g/mol. The Morgan fingerprint density at radius 2 is 1.61 bits per heavy atom. The average Bonchev–Trinajstić information content (AvgIpc) is 2.99. The van der Waals surface area contributed by atoms with Crippen molar-refractivity contribution >= 4 is 40.7 Å². The van der Waals surface area contributed by atoms with Crippen LogP contribution in [0.4, 0.5) is 0 Å². The lowest BCUT2D eigenvalue weighted by atomic mass is 10.2. The van der Waals surface area contributed by atoms with E-state index in [0.717, 1.165) is 22.0 Å². The van der Waals surface area contributed by atoms with E-state index in [9.17, 15) is 0 Å². The summed E-state index contributed by atoms with van der Waals surface area (Å²) in [4.78, 5) is 3.19. The fourth-order valence-electron chi connectivity index (χ4n) is 2.09. The van der Waals surface area contributed by atoms with Gasteiger partial charge in [0.05, 0.1) is 12.4 Å². The molecule has 0 atom stereocenters. The second-order valence-corrected chi connectivity index (χ2v) is 5.18. The Hall–Kier alpha value is -2.99. The standard InChI is InChI=1S/C17H15N5S/c23-17(21-19-10-13-6-2-1-3-7-13)22-20-12-14-11-18-16-9-5-4-8-15(14)16/h1-12,18H,(H2,21,22,23)/b19-10+,20-12+. The number of hydrazone groups is 2. The lowest BCUT2D eigenvalue weighted by Gasteiger charge is -2.00. The third-order valence-corrected chi connectivity index (χ3v) is 3.35. The van der Waals surface area contributed by atoms with E-state index in [-0.39, 0.29) is 0 Å². The molecule has 1 heterocycles. The van der Waals surface area contributed by atoms with Crippen LogP contribution in [-0.4, -0.2) is 22.5 Å². The van der Waals surface area contributed by atoms with Crippen LogP contribution in [-0.2, 0) is 0 Å². The largest absolute Gasteiger partial charge is 0.361 e. The van der Waals surface area contributed by atoms with Crippen molar-refractivity contribution in [2.45, 2.75) is 0 Å². The molecule has 0 saturated carbocycles. The van der Waals surface area contributed by atoms with Crippen LogP contribution in [0.15, 0.2) is 71.0 Å². The number of hydrogen-bond donors (Lipinski definition) is 3. The molecule has 0 aliphatic rings. The summed E-state index contributed by atoms with van der Waals surface area (Å²) in [5.41, 5.74) is 8.50. The normalized spacial score (nSPS) is 11.3. The highest BCUT2D eigenvalue weighted by molar-refractivity contribution is 7.80. The Kier molecular flexibility index (Phi) is 4.76. The molecule has 0 aliphatic carbocycles. The van der Waals surface area contributed by atoms with Gasteiger partial charge >= 0.3 is 0 Å². The van der Waals surface area contributed by atoms with Gasteiger partial charge in [-0.2, -0.15) is 10.2 Å². The van der Waals surface area contributed by atoms with Crippen molar-refractivity contribution < 1.29 is 0 Å². The predicted octanol–water partition coefficient (Wildman–Crippen LogP) is 3.00. The minimum Gasteiger partial charge on any atom is -0.361 e. The topological polar surface area (TPSA) is 64.6 Å². The Morgan fingerprint density at radius 1 is 0.913 bits per heavy atom. The zero-order chi connectivity index (χ0) is 15.9. The van der Waals surface area contributed by atoms with Gasteiger partial charge in [-0.3, -0.25) is 10.9 Å². The number of hydrogen-bond acceptors (Lipinski definition) is 3. The zero-order valence-electron chi connectivity index (χ0n) is 12.2. The van der Waals surface area contributed by atoms with E-state index in [1.165, 1.54) is 0 Å². The van der Waals surface area contributed by atoms with E-state index in [2.05, 4.69) is 26.0 Å². The Bertz CT molecular complexity index is 852. The van der Waals surface area contributed by atoms with Gasteiger partial charge in [0.25, 0.3) is 0 Å². The molecule has 0 fully saturated rings. The first kappa shape index (κ1) is 14.9. The highest BCUT2D eigenvalue weighted by Gasteiger charge is 1.99. The monoisotopic (exact) mass is 321 g/mol. The fraction of sp³-hybridized carbons (Fsp3) is 0. The van der Waals surface area contributed by atoms with Gasteiger partial charge < -0.3 is 4.98 Å². The van der Waals surface area contributed by atoms with E-state index in [1.54, 1.807) is 12.4 Å². The minimum absolute atomic E-state index is 0.327. The van der Waals surface area contributed by atoms with Crippen LogP contribution in [0.1, 0.15) is 11.1 Å². The van der Waals surface area contributed by atoms with Crippen LogP contribution in [0.5, 0.6) is 0 Å². The Balaban J connectivity index is 1.53. The first-order chi connectivity index (χ1) is 11.3. The fourth-order valence-corrected chi connectivity index (χ4v) is 2.20. The second kappa shape index (κ2) is 7.33. The summed E-state index contributed by atoms with van der Waals surface area (Å²) in [5.74, 6) is 0. The molecule has 5 nitrogen and oxygen atoms in total. The van der Waals surface area contributed by atoms with Crippen molar-refractivity contribution in [2.75, 3.05) is 0 Å². The number of nitrogens with zero attached hydrogens (tertiary/aromatic N) is 2. The zero-order valence-corrected chi connectivity index (χ0v) is 13.0. The summed E-state index contributed by atoms with van der Waals surface area (Å²) in [5, 5.41) is 9.60. The lowest BCUT2D eigenvalue weighted by molar-refractivity contribution is 0.935. The van der Waals surface area contributed by atoms with Crippen molar-refractivity contribution in [3.63, 3.8) is 0 Å². The number of thiocarbonyl (C=S) groups is 1. The summed E-state index contributed by atoms with van der Waals surface area (Å²) < 4.78 is 0. The minimum atomic E-state index is 0.327. The third-order valence-electron chi connectivity index (χ3n) is 3.17. The van der Waals surface area contributed by atoms with Gasteiger partial charge in [0.2, 0.25) is 5.11 Å². The molecule has 0 unspecified atom stereocenters. The van der Waals surface area contributed by atoms with E-state index >= 15 is 0 Å². The number of nitrogens with one attached hydrogen (secondary N) is 3. The van der Waals surface area contributed by atoms with Crippen LogP contribution in [0.25, 0.3) is 10.9 Å². The maximum atomic E-state index is 5.10. The van der Waals surface area contributed by atoms with E-state index in [4.69, 9.17) is 12.2 Å². The van der Waals surface area contributed by atoms with E-state index in [1.807, 2.05) is 60.8 Å². The molecule has 0 spiro atoms. The SMILES string of the molecule is S=C(N/N=C/c1ccccc1)N/N=C/c1c[nH]c2ccccc12. The van der Waals surface area contributed by atoms with Crippen molar-refractivity contribution in [1.82, 2.24) is 15.8 Å². The molecule has 3 aromatic rings. The van der Waals surface area contributed by atoms with Gasteiger partial charge in [0, 0.05) is 22.7 Å². The number of aromatic amines is 1. The molecule has 114 valence electrons. The average molecular weight is 321 g/mol. The number of rotatable bonds is 4. The second-order valence-electron chi connectivity index (χ2n) is 4.77. The maximum Gasteiger partial charge on any atom is 0.207 e. The third kappa shape index (κ3) is 4.02. The molecule has 1 aromatic heterocycles. The Morgan fingerprint density at radius 3 is 2.43 bits per heavy atom. The molecule has 3 rings (SSSR count). The van der Waals surface area contributed by atoms with E-state index < -0.39 is 0 Å². The highest BCUT2D eigenvalue weighted by Crippen LogP contribution is 2.15. The molecule has 23 heavy (non-hydrogen) atoms. The first-order valence-electron chi connectivity index (χ1n) is 7.06. The summed E-state index contributed by atoms with van der Waals surface area (Å²) in [6.45, 7) is 0. The smallest absolute Gasteiger partial charge is 0.207 e. The molecular formula is C17H15N5S. The van der Waals surface area contributed by atoms with Crippen LogP contribution in [0, 0.1) is 0 Å². The maximum absolute atomic E-state index is 5.10. The molecule has 0 bridgehead atoms. The summed E-state index contributed by atoms with van der Waals surface area (Å²) in [6.07, 6.45) is 5.31. The molecule has 0 amide bonds. The van der Waals surface area contributed by atoms with Gasteiger partial charge in [-0.1, -0.05) is 48.5 Å². The summed E-state index contributed by atoms with van der Waals surface area (Å²) in [7, 11) is 0. The number of aromatic nitrogens is 1. The molecule has 6 heteroatoms. The van der Waals surface area contributed by atoms with Gasteiger partial charge in [0.1, 0.15) is 0 Å². The van der Waals surface area contributed by atoms with Crippen LogP contribution >= 0.6 is 12.2 Å². The lowest BCUT2D eigenvalue weighted by Crippen LogP contribution is -2.28. The van der Waals surface area contributed by atoms with Crippen molar-refractivity contribution in [2.24, 2.45) is 10.2 Å². The van der Waals surface area contributed by atoms with Crippen molar-refractivity contribution in [3.05, 3.63) is 71.9 Å². The van der Waals surface area contributed by atoms with Crippen LogP contribution < -0.4 is 10.9 Å². The Labute approximate surface area is 139 Å². The summed E-state index contributed by atoms with van der Waals surface area (Å²) in [6, 6.07) is 17.8. The number of para-hydroxylation sites is 1. The summed E-state index contributed by atoms with van der Waals surface area (Å²) >= 11 is 5.10. The predicted molar refractivity (Wildman–Crippen MR) is 98.8 cm³/mol. The molecule has 2 aromatic carbocycles. The van der Waals surface area contributed by atoms with Gasteiger partial charge in [-0.15, -0.1) is 0 Å². The quantitative estimate of drug-likeness (QED) is 0.393. The number of fused-ring (bicyclic) bond motifs is 1. The van der Waals surface area contributed by atoms with Crippen molar-refractivity contribution in [3.8, 4) is 0 Å². The molecule has 0 aliphatic heterocycles. The number of H-pyrrole nitrogens is 1. The van der Waals surface area contributed by atoms with Gasteiger partial charge in [-0.05, 0) is 23.8 Å². The van der Waals surface area contributed by atoms with Crippen molar-refractivity contribution in [1.29, 1.82) is 0 Å². The highest BCUT2D eigenvalue weighted by atomic mass is 32.1. The molecule has 0 radical (unpaired) electrons. The van der Waals surface area contributed by atoms with Gasteiger partial charge in [0.15, 0.2) is 0 Å². The number of benzene rings is 2. The van der Waals surface area contributed by atoms with E-state index in [0.29, 0.717) is 5.11 Å². The van der Waals surface area contributed by atoms with Gasteiger partial charge in [-0.25, -0.2) is 0 Å². The molecule has 0 saturated heterocycles. The van der Waals surface area contributed by atoms with Crippen LogP contribution in [0.3, 0.4) is 0 Å². The van der Waals surface area contributed by atoms with Crippen LogP contribution in [0.2, 0.25) is 0 Å². The molecule has 3 N–H and O–H groups in total. The first-order valence-corrected chi connectivity index (χ1v) is 7.47.